The highest BCUT2D eigenvalue weighted by Crippen LogP contribution is 2.30. The van der Waals surface area contributed by atoms with Crippen LogP contribution >= 0.6 is 0 Å². The Hall–Kier alpha value is -0.420. The normalized spacial score (nSPS) is 28.9. The van der Waals surface area contributed by atoms with Gasteiger partial charge in [-0.15, -0.1) is 6.58 Å². The van der Waals surface area contributed by atoms with Crippen molar-refractivity contribution >= 4 is 0 Å². The average Bonchev–Trinajstić information content (AvgIpc) is 2.69. The molecule has 0 saturated heterocycles. The quantitative estimate of drug-likeness (QED) is 0.506. The highest BCUT2D eigenvalue weighted by atomic mass is 16.7. The molecule has 94 valence electrons. The highest BCUT2D eigenvalue weighted by Gasteiger charge is 2.34. The third-order valence-corrected chi connectivity index (χ3v) is 3.25. The average molecular weight is 229 g/mol. The Morgan fingerprint density at radius 3 is 2.81 bits per heavy atom. The van der Waals surface area contributed by atoms with Crippen molar-refractivity contribution in [3.8, 4) is 0 Å². The molecule has 1 aliphatic carbocycles. The smallest absolute Gasteiger partial charge is 0.146 e. The van der Waals surface area contributed by atoms with Gasteiger partial charge in [-0.1, -0.05) is 12.5 Å². The Balaban J connectivity index is 2.50. The fraction of sp³-hybridized carbons (Fsp3) is 0.833. The van der Waals surface area contributed by atoms with Crippen LogP contribution in [0.4, 0.5) is 0 Å². The molecule has 0 aliphatic heterocycles. The number of rotatable bonds is 7. The lowest BCUT2D eigenvalue weighted by Crippen LogP contribution is -2.45. The lowest BCUT2D eigenvalue weighted by molar-refractivity contribution is -0.0883. The zero-order chi connectivity index (χ0) is 12.0. The van der Waals surface area contributed by atoms with Crippen molar-refractivity contribution in [3.05, 3.63) is 12.7 Å². The SMILES string of the molecule is C=CC[C@@H](OCOC)[C@@H](N)[C@@H]1CCC[C@@H]1O. The van der Waals surface area contributed by atoms with Crippen LogP contribution in [0.3, 0.4) is 0 Å². The summed E-state index contributed by atoms with van der Waals surface area (Å²) < 4.78 is 10.4. The van der Waals surface area contributed by atoms with Gasteiger partial charge in [0, 0.05) is 19.1 Å². The van der Waals surface area contributed by atoms with Gasteiger partial charge in [0.15, 0.2) is 0 Å². The molecule has 0 unspecified atom stereocenters. The molecule has 0 aromatic carbocycles. The molecule has 3 N–H and O–H groups in total. The second-order valence-electron chi connectivity index (χ2n) is 4.38. The van der Waals surface area contributed by atoms with Gasteiger partial charge in [-0.25, -0.2) is 0 Å². The van der Waals surface area contributed by atoms with E-state index in [2.05, 4.69) is 6.58 Å². The van der Waals surface area contributed by atoms with Gasteiger partial charge in [-0.05, 0) is 19.3 Å². The van der Waals surface area contributed by atoms with Gasteiger partial charge in [-0.2, -0.15) is 0 Å². The number of methoxy groups -OCH3 is 1. The molecule has 4 heteroatoms. The van der Waals surface area contributed by atoms with E-state index in [-0.39, 0.29) is 31.0 Å². The van der Waals surface area contributed by atoms with E-state index in [0.29, 0.717) is 6.42 Å². The third-order valence-electron chi connectivity index (χ3n) is 3.25. The summed E-state index contributed by atoms with van der Waals surface area (Å²) in [6, 6.07) is -0.148. The monoisotopic (exact) mass is 229 g/mol. The van der Waals surface area contributed by atoms with Crippen LogP contribution in [0.1, 0.15) is 25.7 Å². The first kappa shape index (κ1) is 13.6. The Bertz CT molecular complexity index is 210. The molecule has 1 aliphatic rings. The second-order valence-corrected chi connectivity index (χ2v) is 4.38. The van der Waals surface area contributed by atoms with Crippen LogP contribution in [-0.2, 0) is 9.47 Å². The van der Waals surface area contributed by atoms with Crippen LogP contribution in [-0.4, -0.2) is 37.3 Å². The molecular weight excluding hydrogens is 206 g/mol. The number of hydrogen-bond acceptors (Lipinski definition) is 4. The number of hydrogen-bond donors (Lipinski definition) is 2. The highest BCUT2D eigenvalue weighted by molar-refractivity contribution is 4.91. The molecule has 0 aromatic heterocycles. The van der Waals surface area contributed by atoms with Crippen molar-refractivity contribution < 1.29 is 14.6 Å². The van der Waals surface area contributed by atoms with Gasteiger partial charge in [0.2, 0.25) is 0 Å². The summed E-state index contributed by atoms with van der Waals surface area (Å²) in [5, 5.41) is 9.81. The minimum absolute atomic E-state index is 0.116. The molecule has 4 atom stereocenters. The first-order valence-corrected chi connectivity index (χ1v) is 5.85. The molecule has 0 bridgehead atoms. The van der Waals surface area contributed by atoms with Gasteiger partial charge in [0.1, 0.15) is 6.79 Å². The molecule has 0 spiro atoms. The van der Waals surface area contributed by atoms with E-state index in [1.54, 1.807) is 13.2 Å². The molecule has 4 nitrogen and oxygen atoms in total. The third kappa shape index (κ3) is 3.56. The maximum Gasteiger partial charge on any atom is 0.146 e. The van der Waals surface area contributed by atoms with Gasteiger partial charge < -0.3 is 20.3 Å². The first-order valence-electron chi connectivity index (χ1n) is 5.85. The van der Waals surface area contributed by atoms with Crippen LogP contribution in [0.15, 0.2) is 12.7 Å². The minimum Gasteiger partial charge on any atom is -0.393 e. The number of aliphatic hydroxyl groups excluding tert-OH is 1. The summed E-state index contributed by atoms with van der Waals surface area (Å²) in [4.78, 5) is 0. The van der Waals surface area contributed by atoms with Crippen molar-refractivity contribution in [2.24, 2.45) is 11.7 Å². The zero-order valence-corrected chi connectivity index (χ0v) is 9.97. The van der Waals surface area contributed by atoms with E-state index in [4.69, 9.17) is 15.2 Å². The van der Waals surface area contributed by atoms with Crippen molar-refractivity contribution in [2.75, 3.05) is 13.9 Å². The van der Waals surface area contributed by atoms with Crippen LogP contribution in [0.25, 0.3) is 0 Å². The predicted molar refractivity (Wildman–Crippen MR) is 62.9 cm³/mol. The summed E-state index contributed by atoms with van der Waals surface area (Å²) in [5.74, 6) is 0.141. The first-order chi connectivity index (χ1) is 7.70. The fourth-order valence-electron chi connectivity index (χ4n) is 2.35. The van der Waals surface area contributed by atoms with E-state index >= 15 is 0 Å². The van der Waals surface area contributed by atoms with Crippen LogP contribution in [0, 0.1) is 5.92 Å². The molecule has 0 aromatic rings. The summed E-state index contributed by atoms with van der Waals surface area (Å²) in [5.41, 5.74) is 6.15. The summed E-state index contributed by atoms with van der Waals surface area (Å²) in [7, 11) is 1.58. The van der Waals surface area contributed by atoms with E-state index in [1.165, 1.54) is 0 Å². The van der Waals surface area contributed by atoms with Gasteiger partial charge in [0.05, 0.1) is 12.2 Å². The predicted octanol–water partition coefficient (Wildman–Crippen LogP) is 1.04. The molecule has 1 saturated carbocycles. The number of aliphatic hydroxyl groups is 1. The van der Waals surface area contributed by atoms with Crippen LogP contribution in [0.5, 0.6) is 0 Å². The standard InChI is InChI=1S/C12H23NO3/c1-3-5-11(16-8-15-2)12(13)9-6-4-7-10(9)14/h3,9-12,14H,1,4-8,13H2,2H3/t9-,10+,11-,12+/m1/s1. The van der Waals surface area contributed by atoms with Crippen molar-refractivity contribution in [3.63, 3.8) is 0 Å². The van der Waals surface area contributed by atoms with Gasteiger partial charge in [0.25, 0.3) is 0 Å². The maximum absolute atomic E-state index is 9.81. The van der Waals surface area contributed by atoms with Gasteiger partial charge >= 0.3 is 0 Å². The summed E-state index contributed by atoms with van der Waals surface area (Å²) in [6.07, 6.45) is 4.96. The zero-order valence-electron chi connectivity index (χ0n) is 9.97. The molecule has 16 heavy (non-hydrogen) atoms. The molecule has 1 rings (SSSR count). The summed E-state index contributed by atoms with van der Waals surface area (Å²) in [6.45, 7) is 3.93. The molecule has 0 amide bonds. The largest absolute Gasteiger partial charge is 0.393 e. The van der Waals surface area contributed by atoms with Crippen molar-refractivity contribution in [1.82, 2.24) is 0 Å². The Morgan fingerprint density at radius 2 is 2.31 bits per heavy atom. The fourth-order valence-corrected chi connectivity index (χ4v) is 2.35. The lowest BCUT2D eigenvalue weighted by Gasteiger charge is -2.29. The van der Waals surface area contributed by atoms with E-state index in [9.17, 15) is 5.11 Å². The summed E-state index contributed by atoms with van der Waals surface area (Å²) >= 11 is 0. The van der Waals surface area contributed by atoms with E-state index in [0.717, 1.165) is 19.3 Å². The number of ether oxygens (including phenoxy) is 2. The lowest BCUT2D eigenvalue weighted by atomic mass is 9.91. The Kier molecular flexibility index (Phi) is 5.98. The molecule has 0 heterocycles. The molecule has 0 radical (unpaired) electrons. The molecular formula is C12H23NO3. The molecule has 1 fully saturated rings. The van der Waals surface area contributed by atoms with Crippen molar-refractivity contribution in [1.29, 1.82) is 0 Å². The Labute approximate surface area is 97.4 Å². The van der Waals surface area contributed by atoms with Crippen LogP contribution < -0.4 is 5.73 Å². The van der Waals surface area contributed by atoms with Crippen LogP contribution in [0.2, 0.25) is 0 Å². The van der Waals surface area contributed by atoms with Crippen molar-refractivity contribution in [2.45, 2.75) is 43.9 Å². The van der Waals surface area contributed by atoms with E-state index < -0.39 is 0 Å². The topological polar surface area (TPSA) is 64.7 Å². The minimum atomic E-state index is -0.284. The van der Waals surface area contributed by atoms with E-state index in [1.807, 2.05) is 0 Å². The maximum atomic E-state index is 9.81. The van der Waals surface area contributed by atoms with Gasteiger partial charge in [-0.3, -0.25) is 0 Å². The Morgan fingerprint density at radius 1 is 1.56 bits per heavy atom. The second kappa shape index (κ2) is 7.01. The number of nitrogens with two attached hydrogens (primary N) is 1.